The summed E-state index contributed by atoms with van der Waals surface area (Å²) in [4.78, 5) is 31.5. The molecule has 0 radical (unpaired) electrons. The van der Waals surface area contributed by atoms with Gasteiger partial charge in [-0.3, -0.25) is 9.59 Å². The molecule has 0 spiro atoms. The van der Waals surface area contributed by atoms with Crippen LogP contribution in [0.3, 0.4) is 0 Å². The van der Waals surface area contributed by atoms with Gasteiger partial charge in [0.25, 0.3) is 0 Å². The highest BCUT2D eigenvalue weighted by Crippen LogP contribution is 2.33. The molecule has 0 unspecified atom stereocenters. The minimum atomic E-state index is -0.0838. The lowest BCUT2D eigenvalue weighted by Gasteiger charge is -2.33. The molecule has 1 aromatic rings. The minimum absolute atomic E-state index is 0.00201. The molecule has 1 saturated heterocycles. The van der Waals surface area contributed by atoms with Gasteiger partial charge < -0.3 is 20.0 Å². The molecule has 0 aromatic carbocycles. The van der Waals surface area contributed by atoms with Crippen molar-refractivity contribution < 1.29 is 9.59 Å². The van der Waals surface area contributed by atoms with Gasteiger partial charge in [-0.25, -0.2) is 0 Å². The maximum Gasteiger partial charge on any atom is 0.247 e. The van der Waals surface area contributed by atoms with E-state index < -0.39 is 0 Å². The maximum atomic E-state index is 12.5. The fourth-order valence-corrected chi connectivity index (χ4v) is 4.16. The summed E-state index contributed by atoms with van der Waals surface area (Å²) in [7, 11) is 3.90. The first-order valence-electron chi connectivity index (χ1n) is 8.27. The van der Waals surface area contributed by atoms with Crippen molar-refractivity contribution in [3.63, 3.8) is 0 Å². The van der Waals surface area contributed by atoms with Crippen LogP contribution in [0.15, 0.2) is 18.2 Å². The molecule has 130 valence electrons. The third-order valence-electron chi connectivity index (χ3n) is 4.26. The summed E-state index contributed by atoms with van der Waals surface area (Å²) in [5.74, 6) is -0.0818. The van der Waals surface area contributed by atoms with Crippen LogP contribution in [-0.4, -0.2) is 68.4 Å². The van der Waals surface area contributed by atoms with Crippen molar-refractivity contribution in [1.82, 2.24) is 15.1 Å². The van der Waals surface area contributed by atoms with E-state index in [4.69, 9.17) is 0 Å². The molecule has 24 heavy (non-hydrogen) atoms. The zero-order valence-corrected chi connectivity index (χ0v) is 15.1. The molecule has 3 heterocycles. The highest BCUT2D eigenvalue weighted by molar-refractivity contribution is 7.16. The van der Waals surface area contributed by atoms with Gasteiger partial charge in [0.15, 0.2) is 0 Å². The number of thiophene rings is 1. The second-order valence-corrected chi connectivity index (χ2v) is 7.54. The van der Waals surface area contributed by atoms with E-state index in [1.165, 1.54) is 10.4 Å². The molecule has 0 aliphatic carbocycles. The van der Waals surface area contributed by atoms with Crippen LogP contribution < -0.4 is 10.2 Å². The van der Waals surface area contributed by atoms with E-state index in [0.717, 1.165) is 24.5 Å². The zero-order valence-electron chi connectivity index (χ0n) is 14.2. The Labute approximate surface area is 146 Å². The van der Waals surface area contributed by atoms with Crippen LogP contribution in [0, 0.1) is 0 Å². The normalized spacial score (nSPS) is 18.5. The van der Waals surface area contributed by atoms with E-state index >= 15 is 0 Å². The number of fused-ring (bicyclic) bond motifs is 1. The molecule has 1 N–H and O–H groups in total. The topological polar surface area (TPSA) is 55.9 Å². The predicted molar refractivity (Wildman–Crippen MR) is 96.4 cm³/mol. The molecule has 2 aliphatic heterocycles. The number of carbonyl (C=O) groups is 2. The molecular formula is C17H24N4O2S. The second-order valence-electron chi connectivity index (χ2n) is 6.43. The molecule has 3 rings (SSSR count). The van der Waals surface area contributed by atoms with Crippen LogP contribution >= 0.6 is 11.3 Å². The van der Waals surface area contributed by atoms with Gasteiger partial charge in [0.1, 0.15) is 6.54 Å². The van der Waals surface area contributed by atoms with Gasteiger partial charge in [0.2, 0.25) is 11.8 Å². The van der Waals surface area contributed by atoms with Gasteiger partial charge in [0.05, 0.1) is 5.00 Å². The number of nitrogens with zero attached hydrogens (tertiary/aromatic N) is 3. The van der Waals surface area contributed by atoms with Crippen molar-refractivity contribution in [2.45, 2.75) is 13.0 Å². The molecule has 0 bridgehead atoms. The average molecular weight is 348 g/mol. The second kappa shape index (κ2) is 7.46. The third-order valence-corrected chi connectivity index (χ3v) is 5.52. The molecular weight excluding hydrogens is 324 g/mol. The van der Waals surface area contributed by atoms with E-state index in [9.17, 15) is 9.59 Å². The first-order chi connectivity index (χ1) is 11.5. The van der Waals surface area contributed by atoms with Crippen LogP contribution in [0.1, 0.15) is 10.4 Å². The average Bonchev–Trinajstić information content (AvgIpc) is 2.97. The van der Waals surface area contributed by atoms with Gasteiger partial charge in [-0.2, -0.15) is 0 Å². The van der Waals surface area contributed by atoms with E-state index in [1.54, 1.807) is 22.3 Å². The van der Waals surface area contributed by atoms with Crippen LogP contribution in [0.4, 0.5) is 5.00 Å². The summed E-state index contributed by atoms with van der Waals surface area (Å²) in [5, 5.41) is 4.37. The number of hydrogen-bond acceptors (Lipinski definition) is 5. The summed E-state index contributed by atoms with van der Waals surface area (Å²) < 4.78 is 0. The Morgan fingerprint density at radius 2 is 2.25 bits per heavy atom. The van der Waals surface area contributed by atoms with Crippen molar-refractivity contribution in [3.05, 3.63) is 28.7 Å². The summed E-state index contributed by atoms with van der Waals surface area (Å²) in [6, 6.07) is 2.12. The molecule has 7 heteroatoms. The quantitative estimate of drug-likeness (QED) is 0.814. The Hall–Kier alpha value is -1.70. The van der Waals surface area contributed by atoms with Gasteiger partial charge in [-0.1, -0.05) is 6.08 Å². The van der Waals surface area contributed by atoms with Gasteiger partial charge in [-0.15, -0.1) is 11.3 Å². The number of likely N-dealkylation sites (N-methyl/N-ethyl adjacent to an activating group) is 1. The minimum Gasteiger partial charge on any atom is -0.328 e. The largest absolute Gasteiger partial charge is 0.328 e. The van der Waals surface area contributed by atoms with E-state index in [2.05, 4.69) is 11.4 Å². The molecule has 0 saturated carbocycles. The van der Waals surface area contributed by atoms with Crippen molar-refractivity contribution >= 4 is 28.2 Å². The van der Waals surface area contributed by atoms with Crippen molar-refractivity contribution in [2.24, 2.45) is 0 Å². The number of carbonyl (C=O) groups excluding carboxylic acids is 2. The Morgan fingerprint density at radius 3 is 2.96 bits per heavy atom. The highest BCUT2D eigenvalue weighted by atomic mass is 32.1. The van der Waals surface area contributed by atoms with Gasteiger partial charge in [0, 0.05) is 43.7 Å². The molecule has 6 nitrogen and oxygen atoms in total. The first kappa shape index (κ1) is 17.1. The van der Waals surface area contributed by atoms with E-state index in [-0.39, 0.29) is 18.4 Å². The van der Waals surface area contributed by atoms with Crippen LogP contribution in [0.2, 0.25) is 0 Å². The maximum absolute atomic E-state index is 12.5. The number of rotatable bonds is 4. The van der Waals surface area contributed by atoms with Crippen molar-refractivity contribution in [2.75, 3.05) is 51.7 Å². The number of nitrogens with one attached hydrogen (secondary N) is 1. The summed E-state index contributed by atoms with van der Waals surface area (Å²) in [6.07, 6.45) is 4.43. The SMILES string of the molecule is CN(C)C/C=C/C(=O)N1CCN(c2cc3c(s2)CCNC3)C(=O)C1. The number of amides is 2. The Kier molecular flexibility index (Phi) is 5.33. The zero-order chi connectivity index (χ0) is 17.1. The van der Waals surface area contributed by atoms with Crippen molar-refractivity contribution in [1.29, 1.82) is 0 Å². The number of anilines is 1. The summed E-state index contributed by atoms with van der Waals surface area (Å²) in [5.41, 5.74) is 1.30. The van der Waals surface area contributed by atoms with Crippen molar-refractivity contribution in [3.8, 4) is 0 Å². The van der Waals surface area contributed by atoms with E-state index in [0.29, 0.717) is 19.6 Å². The number of piperazine rings is 1. The predicted octanol–water partition coefficient (Wildman–Crippen LogP) is 0.687. The van der Waals surface area contributed by atoms with Crippen LogP contribution in [0.25, 0.3) is 0 Å². The van der Waals surface area contributed by atoms with E-state index in [1.807, 2.05) is 30.0 Å². The third kappa shape index (κ3) is 3.85. The fourth-order valence-electron chi connectivity index (χ4n) is 2.93. The monoisotopic (exact) mass is 348 g/mol. The lowest BCUT2D eigenvalue weighted by molar-refractivity contribution is -0.133. The van der Waals surface area contributed by atoms with Gasteiger partial charge >= 0.3 is 0 Å². The summed E-state index contributed by atoms with van der Waals surface area (Å²) in [6.45, 7) is 3.91. The fraction of sp³-hybridized carbons (Fsp3) is 0.529. The smallest absolute Gasteiger partial charge is 0.247 e. The molecule has 1 fully saturated rings. The highest BCUT2D eigenvalue weighted by Gasteiger charge is 2.29. The summed E-state index contributed by atoms with van der Waals surface area (Å²) >= 11 is 1.71. The number of hydrogen-bond donors (Lipinski definition) is 1. The Morgan fingerprint density at radius 1 is 1.42 bits per heavy atom. The molecule has 2 amide bonds. The van der Waals surface area contributed by atoms with Gasteiger partial charge in [-0.05, 0) is 32.1 Å². The first-order valence-corrected chi connectivity index (χ1v) is 9.09. The molecule has 0 atom stereocenters. The van der Waals surface area contributed by atoms with Crippen LogP contribution in [-0.2, 0) is 22.6 Å². The lowest BCUT2D eigenvalue weighted by Crippen LogP contribution is -2.51. The Bertz CT molecular complexity index is 630. The van der Waals surface area contributed by atoms with Crippen LogP contribution in [0.5, 0.6) is 0 Å². The molecule has 2 aliphatic rings. The lowest BCUT2D eigenvalue weighted by atomic mass is 10.1. The standard InChI is InChI=1S/C17H24N4O2S/c1-19(2)7-3-4-15(22)20-8-9-21(16(23)12-20)17-10-13-11-18-6-5-14(13)24-17/h3-4,10,18H,5-9,11-12H2,1-2H3/b4-3+. The Balaban J connectivity index is 1.61. The molecule has 1 aromatic heterocycles.